The van der Waals surface area contributed by atoms with Crippen LogP contribution in [0.5, 0.6) is 0 Å². The summed E-state index contributed by atoms with van der Waals surface area (Å²) in [7, 11) is -3.16. The number of benzene rings is 1. The molecule has 1 fully saturated rings. The maximum absolute atomic E-state index is 11.6. The van der Waals surface area contributed by atoms with Gasteiger partial charge in [-0.15, -0.1) is 0 Å². The molecular formula is C13H20N2O2S. The molecule has 1 saturated heterocycles. The van der Waals surface area contributed by atoms with E-state index in [1.54, 1.807) is 12.1 Å². The number of nitrogens with one attached hydrogen (secondary N) is 2. The monoisotopic (exact) mass is 268 g/mol. The van der Waals surface area contributed by atoms with Crippen molar-refractivity contribution in [3.05, 3.63) is 24.3 Å². The first-order valence-electron chi connectivity index (χ1n) is 6.34. The second-order valence-corrected chi connectivity index (χ2v) is 6.76. The van der Waals surface area contributed by atoms with Gasteiger partial charge in [0.15, 0.2) is 9.84 Å². The maximum atomic E-state index is 11.6. The van der Waals surface area contributed by atoms with Gasteiger partial charge < -0.3 is 10.6 Å². The van der Waals surface area contributed by atoms with E-state index < -0.39 is 9.84 Å². The maximum Gasteiger partial charge on any atom is 0.177 e. The van der Waals surface area contributed by atoms with Crippen molar-refractivity contribution < 1.29 is 8.42 Å². The zero-order valence-electron chi connectivity index (χ0n) is 10.6. The molecule has 100 valence electrons. The minimum Gasteiger partial charge on any atom is -0.384 e. The van der Waals surface area contributed by atoms with Gasteiger partial charge >= 0.3 is 0 Å². The Morgan fingerprint density at radius 1 is 1.39 bits per heavy atom. The Morgan fingerprint density at radius 3 is 2.83 bits per heavy atom. The van der Waals surface area contributed by atoms with Crippen LogP contribution in [0.4, 0.5) is 5.69 Å². The molecule has 0 amide bonds. The van der Waals surface area contributed by atoms with E-state index in [1.165, 1.54) is 19.1 Å². The van der Waals surface area contributed by atoms with Gasteiger partial charge in [0.05, 0.1) is 10.6 Å². The molecule has 4 nitrogen and oxygen atoms in total. The molecule has 0 saturated carbocycles. The molecule has 1 aromatic rings. The van der Waals surface area contributed by atoms with E-state index in [-0.39, 0.29) is 0 Å². The SMILES string of the molecule is CS(=O)(=O)c1ccccc1NCC[C@H]1CCCN1. The van der Waals surface area contributed by atoms with Gasteiger partial charge in [0.1, 0.15) is 0 Å². The number of rotatable bonds is 5. The summed E-state index contributed by atoms with van der Waals surface area (Å²) >= 11 is 0. The smallest absolute Gasteiger partial charge is 0.177 e. The second-order valence-electron chi connectivity index (χ2n) is 4.78. The van der Waals surface area contributed by atoms with Crippen molar-refractivity contribution in [1.29, 1.82) is 0 Å². The molecule has 0 bridgehead atoms. The molecule has 0 aromatic heterocycles. The molecule has 1 aliphatic heterocycles. The molecule has 2 rings (SSSR count). The Hall–Kier alpha value is -1.07. The normalized spacial score (nSPS) is 19.9. The van der Waals surface area contributed by atoms with Crippen LogP contribution >= 0.6 is 0 Å². The van der Waals surface area contributed by atoms with Crippen molar-refractivity contribution >= 4 is 15.5 Å². The van der Waals surface area contributed by atoms with Crippen LogP contribution in [0.15, 0.2) is 29.2 Å². The number of hydrogen-bond acceptors (Lipinski definition) is 4. The molecule has 1 aliphatic rings. The van der Waals surface area contributed by atoms with Crippen LogP contribution in [0.25, 0.3) is 0 Å². The third kappa shape index (κ3) is 3.46. The van der Waals surface area contributed by atoms with Gasteiger partial charge in [0, 0.05) is 18.8 Å². The number of para-hydroxylation sites is 1. The first kappa shape index (κ1) is 13.4. The fraction of sp³-hybridized carbons (Fsp3) is 0.538. The lowest BCUT2D eigenvalue weighted by Crippen LogP contribution is -2.24. The molecule has 0 radical (unpaired) electrons. The first-order valence-corrected chi connectivity index (χ1v) is 8.23. The Labute approximate surface area is 109 Å². The number of anilines is 1. The number of sulfone groups is 1. The fourth-order valence-electron chi connectivity index (χ4n) is 2.32. The Balaban J connectivity index is 1.96. The second kappa shape index (κ2) is 5.71. The van der Waals surface area contributed by atoms with E-state index in [0.29, 0.717) is 16.6 Å². The summed E-state index contributed by atoms with van der Waals surface area (Å²) in [6, 6.07) is 7.64. The van der Waals surface area contributed by atoms with Crippen LogP contribution in [0.2, 0.25) is 0 Å². The van der Waals surface area contributed by atoms with Crippen LogP contribution in [-0.2, 0) is 9.84 Å². The minimum absolute atomic E-state index is 0.379. The third-order valence-corrected chi connectivity index (χ3v) is 4.41. The topological polar surface area (TPSA) is 58.2 Å². The van der Waals surface area contributed by atoms with Crippen molar-refractivity contribution in [3.63, 3.8) is 0 Å². The van der Waals surface area contributed by atoms with Crippen LogP contribution in [0.3, 0.4) is 0 Å². The van der Waals surface area contributed by atoms with Crippen molar-refractivity contribution in [1.82, 2.24) is 5.32 Å². The van der Waals surface area contributed by atoms with E-state index in [9.17, 15) is 8.42 Å². The molecule has 0 unspecified atom stereocenters. The van der Waals surface area contributed by atoms with Crippen molar-refractivity contribution in [3.8, 4) is 0 Å². The minimum atomic E-state index is -3.16. The summed E-state index contributed by atoms with van der Waals surface area (Å²) in [6.45, 7) is 1.90. The van der Waals surface area contributed by atoms with Gasteiger partial charge in [-0.25, -0.2) is 8.42 Å². The van der Waals surface area contributed by atoms with Crippen molar-refractivity contribution in [2.75, 3.05) is 24.7 Å². The quantitative estimate of drug-likeness (QED) is 0.852. The largest absolute Gasteiger partial charge is 0.384 e. The standard InChI is InChI=1S/C13H20N2O2S/c1-18(16,17)13-7-3-2-6-12(13)15-10-8-11-5-4-9-14-11/h2-3,6-7,11,14-15H,4-5,8-10H2,1H3/t11-/m1/s1. The summed E-state index contributed by atoms with van der Waals surface area (Å²) in [4.78, 5) is 0.379. The van der Waals surface area contributed by atoms with E-state index in [4.69, 9.17) is 0 Å². The molecule has 1 aromatic carbocycles. The van der Waals surface area contributed by atoms with E-state index in [2.05, 4.69) is 10.6 Å². The van der Waals surface area contributed by atoms with Gasteiger partial charge in [-0.05, 0) is 37.9 Å². The average Bonchev–Trinajstić information content (AvgIpc) is 2.81. The average molecular weight is 268 g/mol. The molecule has 2 N–H and O–H groups in total. The van der Waals surface area contributed by atoms with Crippen molar-refractivity contribution in [2.45, 2.75) is 30.2 Å². The molecule has 0 spiro atoms. The highest BCUT2D eigenvalue weighted by atomic mass is 32.2. The highest BCUT2D eigenvalue weighted by Gasteiger charge is 2.15. The van der Waals surface area contributed by atoms with Crippen LogP contribution in [0.1, 0.15) is 19.3 Å². The fourth-order valence-corrected chi connectivity index (χ4v) is 3.19. The Kier molecular flexibility index (Phi) is 4.24. The van der Waals surface area contributed by atoms with E-state index in [0.717, 1.165) is 19.5 Å². The zero-order chi connectivity index (χ0) is 13.0. The van der Waals surface area contributed by atoms with Gasteiger partial charge in [-0.1, -0.05) is 12.1 Å². The predicted octanol–water partition coefficient (Wildman–Crippen LogP) is 1.64. The predicted molar refractivity (Wildman–Crippen MR) is 73.7 cm³/mol. The summed E-state index contributed by atoms with van der Waals surface area (Å²) in [5, 5.41) is 6.66. The first-order chi connectivity index (χ1) is 8.57. The van der Waals surface area contributed by atoms with Crippen LogP contribution in [-0.4, -0.2) is 33.8 Å². The van der Waals surface area contributed by atoms with Crippen molar-refractivity contribution in [2.24, 2.45) is 0 Å². The van der Waals surface area contributed by atoms with Gasteiger partial charge in [-0.3, -0.25) is 0 Å². The number of hydrogen-bond donors (Lipinski definition) is 2. The molecule has 1 atom stereocenters. The lowest BCUT2D eigenvalue weighted by Gasteiger charge is -2.13. The Bertz CT molecular complexity index is 493. The zero-order valence-corrected chi connectivity index (χ0v) is 11.5. The highest BCUT2D eigenvalue weighted by Crippen LogP contribution is 2.20. The summed E-state index contributed by atoms with van der Waals surface area (Å²) in [5.41, 5.74) is 0.706. The van der Waals surface area contributed by atoms with E-state index in [1.807, 2.05) is 12.1 Å². The van der Waals surface area contributed by atoms with Gasteiger partial charge in [0.2, 0.25) is 0 Å². The summed E-state index contributed by atoms with van der Waals surface area (Å²) in [6.07, 6.45) is 4.73. The molecule has 0 aliphatic carbocycles. The van der Waals surface area contributed by atoms with Gasteiger partial charge in [0.25, 0.3) is 0 Å². The molecule has 1 heterocycles. The third-order valence-electron chi connectivity index (χ3n) is 3.26. The van der Waals surface area contributed by atoms with E-state index >= 15 is 0 Å². The van der Waals surface area contributed by atoms with Crippen LogP contribution < -0.4 is 10.6 Å². The highest BCUT2D eigenvalue weighted by molar-refractivity contribution is 7.90. The lowest BCUT2D eigenvalue weighted by atomic mass is 10.1. The molecular weight excluding hydrogens is 248 g/mol. The lowest BCUT2D eigenvalue weighted by molar-refractivity contribution is 0.574. The van der Waals surface area contributed by atoms with Crippen LogP contribution in [0, 0.1) is 0 Å². The summed E-state index contributed by atoms with van der Waals surface area (Å²) in [5.74, 6) is 0. The molecule has 18 heavy (non-hydrogen) atoms. The Morgan fingerprint density at radius 2 is 2.17 bits per heavy atom. The summed E-state index contributed by atoms with van der Waals surface area (Å²) < 4.78 is 23.2. The molecule has 5 heteroatoms. The van der Waals surface area contributed by atoms with Gasteiger partial charge in [-0.2, -0.15) is 0 Å².